The van der Waals surface area contributed by atoms with Crippen molar-refractivity contribution >= 4 is 28.9 Å². The molecule has 1 fully saturated rings. The summed E-state index contributed by atoms with van der Waals surface area (Å²) in [4.78, 5) is 14.5. The maximum absolute atomic E-state index is 12.3. The van der Waals surface area contributed by atoms with Crippen LogP contribution in [0.2, 0.25) is 5.02 Å². The molecule has 1 aromatic heterocycles. The number of morpholine rings is 1. The van der Waals surface area contributed by atoms with E-state index in [0.29, 0.717) is 29.7 Å². The van der Waals surface area contributed by atoms with Crippen molar-refractivity contribution in [2.45, 2.75) is 6.92 Å². The Labute approximate surface area is 133 Å². The van der Waals surface area contributed by atoms with Crippen molar-refractivity contribution < 1.29 is 13.9 Å². The topological polar surface area (TPSA) is 54.7 Å². The molecule has 3 rings (SSSR count). The van der Waals surface area contributed by atoms with Gasteiger partial charge in [-0.25, -0.2) is 0 Å². The number of aryl methyl sites for hydroxylation is 1. The molecular weight excluding hydrogens is 304 g/mol. The van der Waals surface area contributed by atoms with Crippen molar-refractivity contribution in [1.82, 2.24) is 0 Å². The Hall–Kier alpha value is -1.98. The highest BCUT2D eigenvalue weighted by atomic mass is 35.5. The second-order valence-electron chi connectivity index (χ2n) is 5.13. The van der Waals surface area contributed by atoms with Gasteiger partial charge in [0.2, 0.25) is 0 Å². The Kier molecular flexibility index (Phi) is 4.36. The van der Waals surface area contributed by atoms with E-state index in [1.54, 1.807) is 25.1 Å². The number of furan rings is 1. The number of hydrogen-bond donors (Lipinski definition) is 1. The van der Waals surface area contributed by atoms with Crippen LogP contribution < -0.4 is 10.2 Å². The molecule has 1 aromatic carbocycles. The van der Waals surface area contributed by atoms with Gasteiger partial charge in [0, 0.05) is 18.1 Å². The van der Waals surface area contributed by atoms with E-state index in [0.717, 1.165) is 18.8 Å². The van der Waals surface area contributed by atoms with Crippen molar-refractivity contribution in [3.05, 3.63) is 46.9 Å². The fourth-order valence-corrected chi connectivity index (χ4v) is 2.60. The molecule has 5 nitrogen and oxygen atoms in total. The van der Waals surface area contributed by atoms with Crippen LogP contribution in [-0.4, -0.2) is 32.2 Å². The summed E-state index contributed by atoms with van der Waals surface area (Å²) < 4.78 is 10.7. The average Bonchev–Trinajstić information content (AvgIpc) is 2.95. The third-order valence-electron chi connectivity index (χ3n) is 3.52. The number of hydrogen-bond acceptors (Lipinski definition) is 4. The van der Waals surface area contributed by atoms with Gasteiger partial charge in [-0.2, -0.15) is 0 Å². The number of anilines is 2. The molecule has 0 unspecified atom stereocenters. The lowest BCUT2D eigenvalue weighted by Crippen LogP contribution is -2.36. The molecule has 116 valence electrons. The van der Waals surface area contributed by atoms with Gasteiger partial charge in [-0.1, -0.05) is 11.6 Å². The summed E-state index contributed by atoms with van der Waals surface area (Å²) in [5.74, 6) is 0.694. The minimum atomic E-state index is -0.287. The average molecular weight is 321 g/mol. The Balaban J connectivity index is 1.85. The van der Waals surface area contributed by atoms with Gasteiger partial charge in [0.25, 0.3) is 5.91 Å². The van der Waals surface area contributed by atoms with Gasteiger partial charge < -0.3 is 19.4 Å². The molecule has 2 heterocycles. The first-order valence-electron chi connectivity index (χ1n) is 7.13. The molecule has 1 saturated heterocycles. The number of benzene rings is 1. The van der Waals surface area contributed by atoms with Crippen LogP contribution in [-0.2, 0) is 4.74 Å². The highest BCUT2D eigenvalue weighted by Crippen LogP contribution is 2.30. The summed E-state index contributed by atoms with van der Waals surface area (Å²) in [7, 11) is 0. The summed E-state index contributed by atoms with van der Waals surface area (Å²) in [6.07, 6.45) is 0. The van der Waals surface area contributed by atoms with Gasteiger partial charge in [0.05, 0.1) is 24.6 Å². The lowest BCUT2D eigenvalue weighted by atomic mass is 10.2. The van der Waals surface area contributed by atoms with Gasteiger partial charge in [-0.15, -0.1) is 0 Å². The van der Waals surface area contributed by atoms with E-state index in [4.69, 9.17) is 20.8 Å². The third kappa shape index (κ3) is 3.26. The number of halogens is 1. The number of nitrogens with one attached hydrogen (secondary N) is 1. The standard InChI is InChI=1S/C16H17ClN2O3/c1-11-2-5-15(22-11)16(20)18-13-10-12(17)3-4-14(13)19-6-8-21-9-7-19/h2-5,10H,6-9H2,1H3,(H,18,20). The molecule has 0 bridgehead atoms. The molecule has 0 atom stereocenters. The SMILES string of the molecule is Cc1ccc(C(=O)Nc2cc(Cl)ccc2N2CCOCC2)o1. The molecule has 1 amide bonds. The predicted molar refractivity (Wildman–Crippen MR) is 85.9 cm³/mol. The van der Waals surface area contributed by atoms with Gasteiger partial charge in [-0.05, 0) is 37.3 Å². The lowest BCUT2D eigenvalue weighted by Gasteiger charge is -2.30. The van der Waals surface area contributed by atoms with E-state index in [9.17, 15) is 4.79 Å². The predicted octanol–water partition coefficient (Wildman–Crippen LogP) is 3.33. The summed E-state index contributed by atoms with van der Waals surface area (Å²) in [5, 5.41) is 3.45. The second kappa shape index (κ2) is 6.42. The van der Waals surface area contributed by atoms with Gasteiger partial charge in [0.1, 0.15) is 5.76 Å². The van der Waals surface area contributed by atoms with E-state index in [1.807, 2.05) is 12.1 Å². The molecule has 0 saturated carbocycles. The summed E-state index contributed by atoms with van der Waals surface area (Å²) >= 11 is 6.07. The fourth-order valence-electron chi connectivity index (χ4n) is 2.43. The highest BCUT2D eigenvalue weighted by Gasteiger charge is 2.18. The minimum absolute atomic E-state index is 0.283. The summed E-state index contributed by atoms with van der Waals surface area (Å²) in [5.41, 5.74) is 1.61. The summed E-state index contributed by atoms with van der Waals surface area (Å²) in [6, 6.07) is 8.90. The fraction of sp³-hybridized carbons (Fsp3) is 0.312. The minimum Gasteiger partial charge on any atom is -0.456 e. The normalized spacial score (nSPS) is 14.9. The molecule has 2 aromatic rings. The first kappa shape index (κ1) is 14.9. The smallest absolute Gasteiger partial charge is 0.291 e. The van der Waals surface area contributed by atoms with Crippen molar-refractivity contribution in [3.8, 4) is 0 Å². The zero-order chi connectivity index (χ0) is 15.5. The van der Waals surface area contributed by atoms with Crippen LogP contribution in [0.5, 0.6) is 0 Å². The monoisotopic (exact) mass is 320 g/mol. The zero-order valence-corrected chi connectivity index (χ0v) is 13.0. The Bertz CT molecular complexity index is 678. The molecule has 1 N–H and O–H groups in total. The number of nitrogens with zero attached hydrogens (tertiary/aromatic N) is 1. The molecule has 1 aliphatic heterocycles. The first-order chi connectivity index (χ1) is 10.6. The maximum Gasteiger partial charge on any atom is 0.291 e. The summed E-state index contributed by atoms with van der Waals surface area (Å²) in [6.45, 7) is 4.71. The van der Waals surface area contributed by atoms with Gasteiger partial charge >= 0.3 is 0 Å². The number of carbonyl (C=O) groups is 1. The molecule has 6 heteroatoms. The molecular formula is C16H17ClN2O3. The van der Waals surface area contributed by atoms with Crippen LogP contribution >= 0.6 is 11.6 Å². The van der Waals surface area contributed by atoms with E-state index >= 15 is 0 Å². The van der Waals surface area contributed by atoms with Crippen LogP contribution in [0.25, 0.3) is 0 Å². The molecule has 22 heavy (non-hydrogen) atoms. The maximum atomic E-state index is 12.3. The van der Waals surface area contributed by atoms with E-state index in [2.05, 4.69) is 10.2 Å². The van der Waals surface area contributed by atoms with E-state index in [1.165, 1.54) is 0 Å². The number of ether oxygens (including phenoxy) is 1. The Morgan fingerprint density at radius 2 is 2.00 bits per heavy atom. The number of rotatable bonds is 3. The van der Waals surface area contributed by atoms with Crippen molar-refractivity contribution in [1.29, 1.82) is 0 Å². The number of carbonyl (C=O) groups excluding carboxylic acids is 1. The number of amides is 1. The Morgan fingerprint density at radius 3 is 2.68 bits per heavy atom. The van der Waals surface area contributed by atoms with E-state index < -0.39 is 0 Å². The molecule has 0 aliphatic carbocycles. The molecule has 0 spiro atoms. The van der Waals surface area contributed by atoms with E-state index in [-0.39, 0.29) is 11.7 Å². The van der Waals surface area contributed by atoms with Crippen LogP contribution in [0.15, 0.2) is 34.7 Å². The van der Waals surface area contributed by atoms with Gasteiger partial charge in [-0.3, -0.25) is 4.79 Å². The quantitative estimate of drug-likeness (QED) is 0.942. The van der Waals surface area contributed by atoms with Crippen LogP contribution in [0.4, 0.5) is 11.4 Å². The zero-order valence-electron chi connectivity index (χ0n) is 12.3. The highest BCUT2D eigenvalue weighted by molar-refractivity contribution is 6.31. The van der Waals surface area contributed by atoms with Gasteiger partial charge in [0.15, 0.2) is 5.76 Å². The Morgan fingerprint density at radius 1 is 1.23 bits per heavy atom. The van der Waals surface area contributed by atoms with Crippen LogP contribution in [0.1, 0.15) is 16.3 Å². The van der Waals surface area contributed by atoms with Crippen molar-refractivity contribution in [3.63, 3.8) is 0 Å². The second-order valence-corrected chi connectivity index (χ2v) is 5.56. The van der Waals surface area contributed by atoms with Crippen LogP contribution in [0.3, 0.4) is 0 Å². The third-order valence-corrected chi connectivity index (χ3v) is 3.76. The lowest BCUT2D eigenvalue weighted by molar-refractivity contribution is 0.0995. The molecule has 0 radical (unpaired) electrons. The van der Waals surface area contributed by atoms with Crippen LogP contribution in [0, 0.1) is 6.92 Å². The van der Waals surface area contributed by atoms with Crippen molar-refractivity contribution in [2.24, 2.45) is 0 Å². The van der Waals surface area contributed by atoms with Crippen molar-refractivity contribution in [2.75, 3.05) is 36.5 Å². The molecule has 1 aliphatic rings. The largest absolute Gasteiger partial charge is 0.456 e. The first-order valence-corrected chi connectivity index (χ1v) is 7.51.